The van der Waals surface area contributed by atoms with Crippen LogP contribution < -0.4 is 5.32 Å². The summed E-state index contributed by atoms with van der Waals surface area (Å²) < 4.78 is 10.5. The lowest BCUT2D eigenvalue weighted by Crippen LogP contribution is -2.55. The van der Waals surface area contributed by atoms with Crippen LogP contribution in [0, 0.1) is 0 Å². The van der Waals surface area contributed by atoms with Crippen molar-refractivity contribution in [3.8, 4) is 0 Å². The van der Waals surface area contributed by atoms with Gasteiger partial charge in [0, 0.05) is 6.42 Å². The van der Waals surface area contributed by atoms with Gasteiger partial charge in [-0.1, -0.05) is 79.9 Å². The molecule has 0 spiro atoms. The van der Waals surface area contributed by atoms with Crippen LogP contribution in [0.25, 0.3) is 0 Å². The first kappa shape index (κ1) is 27.0. The molecule has 0 saturated heterocycles. The van der Waals surface area contributed by atoms with Crippen LogP contribution in [0.15, 0.2) is 67.3 Å². The van der Waals surface area contributed by atoms with Crippen LogP contribution in [-0.4, -0.2) is 42.1 Å². The van der Waals surface area contributed by atoms with Gasteiger partial charge in [0.2, 0.25) is 5.91 Å². The Bertz CT molecular complexity index is 1020. The lowest BCUT2D eigenvalue weighted by molar-refractivity contribution is -0.146. The topological polar surface area (TPSA) is 84.9 Å². The van der Waals surface area contributed by atoms with Crippen molar-refractivity contribution in [1.82, 2.24) is 10.2 Å². The van der Waals surface area contributed by atoms with Crippen molar-refractivity contribution in [2.75, 3.05) is 7.11 Å². The van der Waals surface area contributed by atoms with E-state index < -0.39 is 24.1 Å². The van der Waals surface area contributed by atoms with Crippen molar-refractivity contribution >= 4 is 18.0 Å². The summed E-state index contributed by atoms with van der Waals surface area (Å²) in [6.45, 7) is 4.10. The average molecular weight is 493 g/mol. The van der Waals surface area contributed by atoms with Gasteiger partial charge in [-0.3, -0.25) is 9.69 Å². The van der Waals surface area contributed by atoms with Crippen molar-refractivity contribution in [1.29, 1.82) is 0 Å². The molecular weight excluding hydrogens is 456 g/mol. The monoisotopic (exact) mass is 492 g/mol. The second kappa shape index (κ2) is 14.1. The molecule has 7 nitrogen and oxygen atoms in total. The highest BCUT2D eigenvalue weighted by atomic mass is 16.6. The number of hydrogen-bond donors (Lipinski definition) is 1. The number of amides is 2. The number of allylic oxidation sites excluding steroid dienone is 1. The fourth-order valence-electron chi connectivity index (χ4n) is 4.40. The van der Waals surface area contributed by atoms with Gasteiger partial charge in [-0.25, -0.2) is 9.59 Å². The predicted octanol–water partition coefficient (Wildman–Crippen LogP) is 4.93. The number of esters is 1. The van der Waals surface area contributed by atoms with E-state index in [4.69, 9.17) is 9.47 Å². The summed E-state index contributed by atoms with van der Waals surface area (Å²) in [6.07, 6.45) is 6.96. The van der Waals surface area contributed by atoms with Gasteiger partial charge < -0.3 is 14.8 Å². The Morgan fingerprint density at radius 3 is 2.44 bits per heavy atom. The van der Waals surface area contributed by atoms with Gasteiger partial charge in [0.1, 0.15) is 18.7 Å². The maximum atomic E-state index is 13.4. The van der Waals surface area contributed by atoms with E-state index in [1.807, 2.05) is 60.7 Å². The number of unbranched alkanes of at least 4 members (excludes halogenated alkanes) is 4. The summed E-state index contributed by atoms with van der Waals surface area (Å²) in [5.74, 6) is -0.868. The number of ether oxygens (including phenoxy) is 2. The van der Waals surface area contributed by atoms with Crippen molar-refractivity contribution in [2.45, 2.75) is 70.2 Å². The fraction of sp³-hybridized carbons (Fsp3) is 0.414. The van der Waals surface area contributed by atoms with E-state index in [-0.39, 0.29) is 19.1 Å². The molecule has 0 saturated carbocycles. The summed E-state index contributed by atoms with van der Waals surface area (Å²) in [5.41, 5.74) is 2.84. The minimum Gasteiger partial charge on any atom is -0.467 e. The summed E-state index contributed by atoms with van der Waals surface area (Å²) in [6, 6.07) is 15.6. The molecule has 1 N–H and O–H groups in total. The van der Waals surface area contributed by atoms with Gasteiger partial charge in [0.15, 0.2) is 0 Å². The van der Waals surface area contributed by atoms with Crippen LogP contribution in [0.1, 0.15) is 55.2 Å². The van der Waals surface area contributed by atoms with E-state index in [2.05, 4.69) is 11.9 Å². The third-order valence-corrected chi connectivity index (χ3v) is 6.44. The van der Waals surface area contributed by atoms with Crippen LogP contribution in [-0.2, 0) is 38.6 Å². The van der Waals surface area contributed by atoms with E-state index in [1.165, 1.54) is 12.0 Å². The van der Waals surface area contributed by atoms with Gasteiger partial charge in [-0.05, 0) is 36.0 Å². The summed E-state index contributed by atoms with van der Waals surface area (Å²) in [7, 11) is 1.32. The lowest BCUT2D eigenvalue weighted by atomic mass is 9.93. The highest BCUT2D eigenvalue weighted by Gasteiger charge is 2.37. The number of nitrogens with zero attached hydrogens (tertiary/aromatic N) is 1. The number of methoxy groups -OCH3 is 1. The zero-order valence-corrected chi connectivity index (χ0v) is 21.0. The zero-order valence-electron chi connectivity index (χ0n) is 21.0. The molecule has 1 heterocycles. The Morgan fingerprint density at radius 2 is 1.72 bits per heavy atom. The Labute approximate surface area is 213 Å². The number of fused-ring (bicyclic) bond motifs is 1. The quantitative estimate of drug-likeness (QED) is 0.258. The zero-order chi connectivity index (χ0) is 25.8. The molecule has 0 bridgehead atoms. The summed E-state index contributed by atoms with van der Waals surface area (Å²) >= 11 is 0. The minimum atomic E-state index is -0.789. The van der Waals surface area contributed by atoms with Crippen molar-refractivity contribution < 1.29 is 23.9 Å². The number of nitrogens with one attached hydrogen (secondary N) is 1. The van der Waals surface area contributed by atoms with Crippen molar-refractivity contribution in [3.05, 3.63) is 83.9 Å². The molecule has 3 rings (SSSR count). The standard InChI is InChI=1S/C29H36N2O5/c1-3-4-5-6-7-11-18-25(28(33)35-2)30-27(32)26-19-23-16-12-13-17-24(23)20-31(26)29(34)36-21-22-14-9-8-10-15-22/h3,8-10,12-17,25-26H,1,4-7,11,18-21H2,2H3,(H,30,32)/t25-,26-/m0/s1. The van der Waals surface area contributed by atoms with Gasteiger partial charge in [-0.2, -0.15) is 0 Å². The number of carbonyl (C=O) groups is 3. The summed E-state index contributed by atoms with van der Waals surface area (Å²) in [4.78, 5) is 40.4. The van der Waals surface area contributed by atoms with E-state index in [0.29, 0.717) is 12.8 Å². The molecule has 1 aliphatic heterocycles. The molecule has 0 aromatic heterocycles. The first-order valence-electron chi connectivity index (χ1n) is 12.6. The summed E-state index contributed by atoms with van der Waals surface area (Å²) in [5, 5.41) is 2.85. The first-order valence-corrected chi connectivity index (χ1v) is 12.6. The number of carbonyl (C=O) groups excluding carboxylic acids is 3. The molecule has 1 aliphatic rings. The average Bonchev–Trinajstić information content (AvgIpc) is 2.92. The second-order valence-corrected chi connectivity index (χ2v) is 9.02. The third-order valence-electron chi connectivity index (χ3n) is 6.44. The first-order chi connectivity index (χ1) is 17.5. The van der Waals surface area contributed by atoms with Crippen LogP contribution in [0.4, 0.5) is 4.79 Å². The minimum absolute atomic E-state index is 0.114. The Balaban J connectivity index is 1.68. The molecule has 2 aromatic carbocycles. The van der Waals surface area contributed by atoms with E-state index >= 15 is 0 Å². The van der Waals surface area contributed by atoms with E-state index in [9.17, 15) is 14.4 Å². The Hall–Kier alpha value is -3.61. The second-order valence-electron chi connectivity index (χ2n) is 9.02. The van der Waals surface area contributed by atoms with E-state index in [1.54, 1.807) is 0 Å². The predicted molar refractivity (Wildman–Crippen MR) is 138 cm³/mol. The molecule has 36 heavy (non-hydrogen) atoms. The molecule has 2 aromatic rings. The maximum Gasteiger partial charge on any atom is 0.411 e. The Morgan fingerprint density at radius 1 is 1.03 bits per heavy atom. The maximum absolute atomic E-state index is 13.4. The van der Waals surface area contributed by atoms with Gasteiger partial charge in [-0.15, -0.1) is 6.58 Å². The number of hydrogen-bond acceptors (Lipinski definition) is 5. The normalized spacial score (nSPS) is 15.4. The van der Waals surface area contributed by atoms with Crippen molar-refractivity contribution in [3.63, 3.8) is 0 Å². The fourth-order valence-corrected chi connectivity index (χ4v) is 4.40. The molecular formula is C29H36N2O5. The molecule has 2 amide bonds. The van der Waals surface area contributed by atoms with Crippen molar-refractivity contribution in [2.24, 2.45) is 0 Å². The van der Waals surface area contributed by atoms with Crippen LogP contribution in [0.5, 0.6) is 0 Å². The van der Waals surface area contributed by atoms with Gasteiger partial charge >= 0.3 is 12.1 Å². The molecule has 7 heteroatoms. The highest BCUT2D eigenvalue weighted by molar-refractivity contribution is 5.90. The molecule has 0 aliphatic carbocycles. The molecule has 0 fully saturated rings. The largest absolute Gasteiger partial charge is 0.467 e. The molecule has 0 radical (unpaired) electrons. The smallest absolute Gasteiger partial charge is 0.411 e. The molecule has 192 valence electrons. The molecule has 2 atom stereocenters. The van der Waals surface area contributed by atoms with Crippen LogP contribution in [0.2, 0.25) is 0 Å². The van der Waals surface area contributed by atoms with Gasteiger partial charge in [0.05, 0.1) is 13.7 Å². The SMILES string of the molecule is C=CCCCCCC[C@H](NC(=O)[C@@H]1Cc2ccccc2CN1C(=O)OCc1ccccc1)C(=O)OC. The highest BCUT2D eigenvalue weighted by Crippen LogP contribution is 2.25. The van der Waals surface area contributed by atoms with Gasteiger partial charge in [0.25, 0.3) is 0 Å². The van der Waals surface area contributed by atoms with Crippen LogP contribution >= 0.6 is 0 Å². The Kier molecular flexibility index (Phi) is 10.5. The molecule has 0 unspecified atom stereocenters. The lowest BCUT2D eigenvalue weighted by Gasteiger charge is -2.35. The van der Waals surface area contributed by atoms with E-state index in [0.717, 1.165) is 48.8 Å². The number of rotatable bonds is 12. The number of benzene rings is 2. The third kappa shape index (κ3) is 7.70. The van der Waals surface area contributed by atoms with Crippen LogP contribution in [0.3, 0.4) is 0 Å².